The van der Waals surface area contributed by atoms with E-state index in [9.17, 15) is 23.1 Å². The molecular weight excluding hydrogens is 333 g/mol. The Morgan fingerprint density at radius 3 is 2.91 bits per heavy atom. The van der Waals surface area contributed by atoms with Crippen molar-refractivity contribution in [3.05, 3.63) is 28.6 Å². The first kappa shape index (κ1) is 16.0. The molecule has 0 unspecified atom stereocenters. The number of hydrogen-bond acceptors (Lipinski definition) is 4. The lowest BCUT2D eigenvalue weighted by Gasteiger charge is -2.29. The van der Waals surface area contributed by atoms with E-state index in [0.717, 1.165) is 4.90 Å². The fourth-order valence-electron chi connectivity index (χ4n) is 2.84. The monoisotopic (exact) mass is 346 g/mol. The summed E-state index contributed by atoms with van der Waals surface area (Å²) in [5.74, 6) is -0.569. The van der Waals surface area contributed by atoms with Crippen LogP contribution in [0.2, 0.25) is 0 Å². The molecule has 0 aliphatic carbocycles. The predicted molar refractivity (Wildman–Crippen MR) is 77.5 cm³/mol. The third kappa shape index (κ3) is 2.98. The molecule has 2 heterocycles. The zero-order valence-electron chi connectivity index (χ0n) is 11.8. The number of alkyl halides is 3. The number of carbonyl (C=O) groups is 1. The fraction of sp³-hybridized carbons (Fsp3) is 0.429. The number of hydrogen-bond donors (Lipinski definition) is 2. The molecule has 23 heavy (non-hydrogen) atoms. The van der Waals surface area contributed by atoms with Crippen LogP contribution in [0.4, 0.5) is 13.2 Å². The second-order valence-electron chi connectivity index (χ2n) is 5.42. The maximum atomic E-state index is 12.7. The molecule has 0 saturated carbocycles. The zero-order chi connectivity index (χ0) is 16.8. The summed E-state index contributed by atoms with van der Waals surface area (Å²) in [5.41, 5.74) is 1.14. The van der Waals surface area contributed by atoms with Gasteiger partial charge in [-0.3, -0.25) is 4.79 Å². The lowest BCUT2D eigenvalue weighted by molar-refractivity contribution is -0.216. The van der Waals surface area contributed by atoms with E-state index < -0.39 is 24.2 Å². The average Bonchev–Trinajstić information content (AvgIpc) is 3.08. The van der Waals surface area contributed by atoms with Crippen LogP contribution < -0.4 is 0 Å². The molecule has 1 aromatic heterocycles. The highest BCUT2D eigenvalue weighted by Crippen LogP contribution is 2.31. The Morgan fingerprint density at radius 2 is 2.22 bits per heavy atom. The van der Waals surface area contributed by atoms with E-state index in [1.54, 1.807) is 6.07 Å². The number of fused-ring (bicyclic) bond motifs is 1. The third-order valence-electron chi connectivity index (χ3n) is 3.93. The molecule has 0 bridgehead atoms. The number of H-pyrrole nitrogens is 1. The van der Waals surface area contributed by atoms with Gasteiger partial charge >= 0.3 is 6.18 Å². The van der Waals surface area contributed by atoms with Crippen LogP contribution in [0.15, 0.2) is 22.6 Å². The molecule has 124 valence electrons. The molecular formula is C14H13F3N2O3S. The second kappa shape index (κ2) is 5.64. The zero-order valence-corrected chi connectivity index (χ0v) is 12.6. The maximum absolute atomic E-state index is 12.7. The Bertz CT molecular complexity index is 798. The van der Waals surface area contributed by atoms with Crippen LogP contribution in [-0.4, -0.2) is 45.8 Å². The second-order valence-corrected chi connectivity index (χ2v) is 5.79. The fourth-order valence-corrected chi connectivity index (χ4v) is 3.04. The molecule has 1 amide bonds. The van der Waals surface area contributed by atoms with Crippen molar-refractivity contribution in [2.24, 2.45) is 0 Å². The van der Waals surface area contributed by atoms with Gasteiger partial charge in [0.05, 0.1) is 11.6 Å². The van der Waals surface area contributed by atoms with Gasteiger partial charge in [0.1, 0.15) is 0 Å². The normalized spacial score (nSPS) is 20.2. The third-order valence-corrected chi connectivity index (χ3v) is 4.11. The summed E-state index contributed by atoms with van der Waals surface area (Å²) in [6, 6.07) is 3.23. The summed E-state index contributed by atoms with van der Waals surface area (Å²) in [7, 11) is 0. The van der Waals surface area contributed by atoms with Crippen molar-refractivity contribution in [3.63, 3.8) is 0 Å². The van der Waals surface area contributed by atoms with Crippen LogP contribution in [-0.2, 0) is 0 Å². The molecule has 1 fully saturated rings. The molecule has 2 aromatic rings. The Morgan fingerprint density at radius 1 is 1.48 bits per heavy atom. The quantitative estimate of drug-likeness (QED) is 0.820. The van der Waals surface area contributed by atoms with Crippen LogP contribution in [0, 0.1) is 4.84 Å². The Hall–Kier alpha value is -1.87. The molecule has 1 saturated heterocycles. The first-order valence-corrected chi connectivity index (χ1v) is 7.37. The molecule has 3 rings (SSSR count). The van der Waals surface area contributed by atoms with Crippen molar-refractivity contribution in [1.29, 1.82) is 0 Å². The summed E-state index contributed by atoms with van der Waals surface area (Å²) in [6.45, 7) is 0.172. The number of carbonyl (C=O) groups excluding carboxylic acids is 1. The van der Waals surface area contributed by atoms with E-state index in [1.807, 2.05) is 0 Å². The lowest BCUT2D eigenvalue weighted by Crippen LogP contribution is -2.49. The Labute approximate surface area is 133 Å². The van der Waals surface area contributed by atoms with Crippen molar-refractivity contribution < 1.29 is 27.5 Å². The van der Waals surface area contributed by atoms with Crippen molar-refractivity contribution in [2.45, 2.75) is 31.2 Å². The van der Waals surface area contributed by atoms with Gasteiger partial charge in [-0.25, -0.2) is 0 Å². The Balaban J connectivity index is 1.89. The summed E-state index contributed by atoms with van der Waals surface area (Å²) >= 11 is 4.85. The number of aromatic amines is 1. The number of halogens is 3. The molecule has 2 atom stereocenters. The average molecular weight is 346 g/mol. The first-order chi connectivity index (χ1) is 10.8. The van der Waals surface area contributed by atoms with Gasteiger partial charge in [-0.05, 0) is 43.3 Å². The molecule has 5 nitrogen and oxygen atoms in total. The summed E-state index contributed by atoms with van der Waals surface area (Å²) in [6.07, 6.45) is -6.78. The van der Waals surface area contributed by atoms with Crippen LogP contribution in [0.5, 0.6) is 0 Å². The van der Waals surface area contributed by atoms with Crippen molar-refractivity contribution >= 4 is 29.2 Å². The van der Waals surface area contributed by atoms with E-state index >= 15 is 0 Å². The minimum absolute atomic E-state index is 0.111. The van der Waals surface area contributed by atoms with Gasteiger partial charge in [0.15, 0.2) is 11.7 Å². The van der Waals surface area contributed by atoms with Crippen LogP contribution in [0.3, 0.4) is 0 Å². The number of oxazole rings is 1. The van der Waals surface area contributed by atoms with Gasteiger partial charge in [-0.1, -0.05) is 0 Å². The van der Waals surface area contributed by atoms with Crippen molar-refractivity contribution in [3.8, 4) is 0 Å². The number of likely N-dealkylation sites (tertiary alicyclic amines) is 1. The Kier molecular flexibility index (Phi) is 3.93. The van der Waals surface area contributed by atoms with Gasteiger partial charge in [0, 0.05) is 12.1 Å². The minimum atomic E-state index is -4.76. The van der Waals surface area contributed by atoms with Crippen molar-refractivity contribution in [1.82, 2.24) is 9.88 Å². The number of benzene rings is 1. The van der Waals surface area contributed by atoms with Gasteiger partial charge in [-0.2, -0.15) is 13.2 Å². The number of nitrogens with one attached hydrogen (secondary N) is 1. The van der Waals surface area contributed by atoms with E-state index in [2.05, 4.69) is 4.98 Å². The lowest BCUT2D eigenvalue weighted by atomic mass is 10.1. The van der Waals surface area contributed by atoms with E-state index in [4.69, 9.17) is 16.6 Å². The smallest absolute Gasteiger partial charge is 0.416 e. The largest absolute Gasteiger partial charge is 0.429 e. The van der Waals surface area contributed by atoms with E-state index in [-0.39, 0.29) is 23.4 Å². The first-order valence-electron chi connectivity index (χ1n) is 6.96. The highest BCUT2D eigenvalue weighted by Gasteiger charge is 2.48. The van der Waals surface area contributed by atoms with E-state index in [0.29, 0.717) is 17.5 Å². The summed E-state index contributed by atoms with van der Waals surface area (Å²) < 4.78 is 43.4. The van der Waals surface area contributed by atoms with Crippen LogP contribution in [0.25, 0.3) is 11.1 Å². The minimum Gasteiger partial charge on any atom is -0.429 e. The maximum Gasteiger partial charge on any atom is 0.416 e. The SMILES string of the molecule is O=C(c1ccc2[nH]c(=S)oc2c1)N1CCC[C@H]1[C@H](O)C(F)(F)F. The van der Waals surface area contributed by atoms with Gasteiger partial charge in [0.2, 0.25) is 0 Å². The number of nitrogens with zero attached hydrogens (tertiary/aromatic N) is 1. The van der Waals surface area contributed by atoms with Crippen LogP contribution >= 0.6 is 12.2 Å². The molecule has 1 aliphatic heterocycles. The van der Waals surface area contributed by atoms with Crippen molar-refractivity contribution in [2.75, 3.05) is 6.54 Å². The molecule has 1 aromatic carbocycles. The topological polar surface area (TPSA) is 69.5 Å². The standard InChI is InChI=1S/C14H13F3N2O3S/c15-14(16,17)11(20)9-2-1-5-19(9)12(21)7-3-4-8-10(6-7)22-13(23)18-8/h3-4,6,9,11,20H,1-2,5H2,(H,18,23)/t9-,11-/m0/s1. The molecule has 2 N–H and O–H groups in total. The number of aliphatic hydroxyl groups excluding tert-OH is 1. The van der Waals surface area contributed by atoms with E-state index in [1.165, 1.54) is 12.1 Å². The highest BCUT2D eigenvalue weighted by atomic mass is 32.1. The number of rotatable bonds is 2. The van der Waals surface area contributed by atoms with Gasteiger partial charge in [0.25, 0.3) is 10.7 Å². The highest BCUT2D eigenvalue weighted by molar-refractivity contribution is 7.71. The summed E-state index contributed by atoms with van der Waals surface area (Å²) in [4.78, 5) is 16.5. The molecule has 0 spiro atoms. The van der Waals surface area contributed by atoms with Gasteiger partial charge in [-0.15, -0.1) is 0 Å². The molecule has 1 aliphatic rings. The molecule has 9 heteroatoms. The number of amides is 1. The number of aromatic nitrogens is 1. The predicted octanol–water partition coefficient (Wildman–Crippen LogP) is 3.02. The van der Waals surface area contributed by atoms with Gasteiger partial charge < -0.3 is 19.4 Å². The number of aliphatic hydroxyl groups is 1. The molecule has 0 radical (unpaired) electrons. The van der Waals surface area contributed by atoms with Crippen LogP contribution in [0.1, 0.15) is 23.2 Å². The summed E-state index contributed by atoms with van der Waals surface area (Å²) in [5, 5.41) is 9.47.